The summed E-state index contributed by atoms with van der Waals surface area (Å²) >= 11 is 0. The lowest BCUT2D eigenvalue weighted by Crippen LogP contribution is -2.44. The zero-order valence-corrected chi connectivity index (χ0v) is 22.8. The van der Waals surface area contributed by atoms with Crippen molar-refractivity contribution in [2.75, 3.05) is 34.0 Å². The number of benzene rings is 1. The lowest BCUT2D eigenvalue weighted by atomic mass is 10.1. The van der Waals surface area contributed by atoms with Crippen molar-refractivity contribution in [1.82, 2.24) is 19.4 Å². The average Bonchev–Trinajstić information content (AvgIpc) is 3.29. The van der Waals surface area contributed by atoms with E-state index >= 15 is 0 Å². The average molecular weight is 586 g/mol. The predicted octanol–water partition coefficient (Wildman–Crippen LogP) is 3.04. The molecule has 0 spiro atoms. The summed E-state index contributed by atoms with van der Waals surface area (Å²) in [7, 11) is 0.983. The maximum absolute atomic E-state index is 13.7. The summed E-state index contributed by atoms with van der Waals surface area (Å²) < 4.78 is 67.2. The molecule has 0 saturated heterocycles. The van der Waals surface area contributed by atoms with Gasteiger partial charge in [0, 0.05) is 39.1 Å². The minimum Gasteiger partial charge on any atom is -0.547 e. The molecule has 1 amide bonds. The zero-order chi connectivity index (χ0) is 29.4. The largest absolute Gasteiger partial charge is 0.547 e. The number of alkyl halides is 3. The SMILES string of the molecule is COCCCC(COC(=O)[O-])N(C)C(=O)n1c([S@](=O)Cc2nccc(OCC(F)(F)F)c2C)nc2ccccc21. The van der Waals surface area contributed by atoms with Crippen molar-refractivity contribution in [2.45, 2.75) is 42.9 Å². The fourth-order valence-corrected chi connectivity index (χ4v) is 5.13. The Bertz CT molecular complexity index is 1370. The fourth-order valence-electron chi connectivity index (χ4n) is 3.88. The van der Waals surface area contributed by atoms with Crippen molar-refractivity contribution in [3.63, 3.8) is 0 Å². The highest BCUT2D eigenvalue weighted by atomic mass is 32.2. The number of nitrogens with zero attached hydrogens (tertiary/aromatic N) is 4. The third-order valence-corrected chi connectivity index (χ3v) is 7.19. The van der Waals surface area contributed by atoms with Gasteiger partial charge in [-0.25, -0.2) is 14.3 Å². The molecule has 2 atom stereocenters. The molecule has 2 aromatic heterocycles. The first-order valence-corrected chi connectivity index (χ1v) is 13.3. The van der Waals surface area contributed by atoms with Crippen molar-refractivity contribution in [3.05, 3.63) is 47.8 Å². The fraction of sp³-hybridized carbons (Fsp3) is 0.440. The van der Waals surface area contributed by atoms with E-state index in [4.69, 9.17) is 9.47 Å². The number of imidazole rings is 1. The molecule has 0 radical (unpaired) electrons. The van der Waals surface area contributed by atoms with Gasteiger partial charge in [0.05, 0.1) is 39.3 Å². The van der Waals surface area contributed by atoms with Crippen molar-refractivity contribution in [2.24, 2.45) is 0 Å². The van der Waals surface area contributed by atoms with E-state index in [1.165, 1.54) is 38.2 Å². The Labute approximate surface area is 230 Å². The first kappa shape index (κ1) is 30.8. The van der Waals surface area contributed by atoms with E-state index in [0.29, 0.717) is 30.5 Å². The van der Waals surface area contributed by atoms with Crippen LogP contribution in [0.2, 0.25) is 0 Å². The highest BCUT2D eigenvalue weighted by molar-refractivity contribution is 7.84. The number of hydrogen-bond acceptors (Lipinski definition) is 9. The number of carbonyl (C=O) groups excluding carboxylic acids is 2. The van der Waals surface area contributed by atoms with Gasteiger partial charge in [0.25, 0.3) is 6.16 Å². The van der Waals surface area contributed by atoms with E-state index in [1.54, 1.807) is 24.3 Å². The Balaban J connectivity index is 1.94. The summed E-state index contributed by atoms with van der Waals surface area (Å²) in [5, 5.41) is 10.8. The maximum Gasteiger partial charge on any atom is 0.422 e. The number of para-hydroxylation sites is 2. The molecule has 0 saturated carbocycles. The quantitative estimate of drug-likeness (QED) is 0.232. The van der Waals surface area contributed by atoms with Gasteiger partial charge in [-0.1, -0.05) is 12.1 Å². The van der Waals surface area contributed by atoms with E-state index in [1.807, 2.05) is 0 Å². The van der Waals surface area contributed by atoms with Gasteiger partial charge in [-0.15, -0.1) is 0 Å². The molecule has 0 aliphatic rings. The molecule has 1 aromatic carbocycles. The maximum atomic E-state index is 13.7. The normalized spacial score (nSPS) is 13.2. The van der Waals surface area contributed by atoms with Gasteiger partial charge in [-0.3, -0.25) is 9.19 Å². The van der Waals surface area contributed by atoms with Gasteiger partial charge in [-0.05, 0) is 38.0 Å². The number of likely N-dealkylation sites (N-methyl/N-ethyl adjacent to an activating group) is 1. The van der Waals surface area contributed by atoms with Crippen LogP contribution in [0.25, 0.3) is 11.0 Å². The van der Waals surface area contributed by atoms with Crippen LogP contribution in [0.4, 0.5) is 22.8 Å². The van der Waals surface area contributed by atoms with Crippen LogP contribution < -0.4 is 9.84 Å². The Morgan fingerprint density at radius 2 is 1.95 bits per heavy atom. The van der Waals surface area contributed by atoms with Crippen molar-refractivity contribution >= 4 is 34.0 Å². The van der Waals surface area contributed by atoms with Gasteiger partial charge in [-0.2, -0.15) is 13.2 Å². The molecule has 2 heterocycles. The van der Waals surface area contributed by atoms with E-state index in [0.717, 1.165) is 4.57 Å². The molecule has 0 bridgehead atoms. The van der Waals surface area contributed by atoms with Crippen molar-refractivity contribution < 1.29 is 46.3 Å². The number of aromatic nitrogens is 3. The van der Waals surface area contributed by atoms with Crippen LogP contribution in [0.5, 0.6) is 5.75 Å². The van der Waals surface area contributed by atoms with Crippen LogP contribution >= 0.6 is 0 Å². The van der Waals surface area contributed by atoms with Gasteiger partial charge >= 0.3 is 12.2 Å². The number of halogens is 3. The minimum atomic E-state index is -4.54. The second-order valence-electron chi connectivity index (χ2n) is 8.74. The van der Waals surface area contributed by atoms with Crippen LogP contribution in [0.1, 0.15) is 24.1 Å². The Morgan fingerprint density at radius 3 is 2.62 bits per heavy atom. The summed E-state index contributed by atoms with van der Waals surface area (Å²) in [5.41, 5.74) is 1.20. The Morgan fingerprint density at radius 1 is 1.23 bits per heavy atom. The lowest BCUT2D eigenvalue weighted by molar-refractivity contribution is -0.283. The number of carboxylic acid groups (broad SMARTS) is 1. The Kier molecular flexibility index (Phi) is 10.5. The summed E-state index contributed by atoms with van der Waals surface area (Å²) in [6.07, 6.45) is -4.20. The summed E-state index contributed by atoms with van der Waals surface area (Å²) in [6, 6.07) is 6.53. The van der Waals surface area contributed by atoms with Gasteiger partial charge in [0.15, 0.2) is 6.61 Å². The molecule has 0 aliphatic heterocycles. The van der Waals surface area contributed by atoms with Crippen LogP contribution in [-0.2, 0) is 26.0 Å². The van der Waals surface area contributed by atoms with Crippen LogP contribution in [0.15, 0.2) is 41.7 Å². The summed E-state index contributed by atoms with van der Waals surface area (Å²) in [5.74, 6) is -0.323. The van der Waals surface area contributed by atoms with Crippen LogP contribution in [0, 0.1) is 6.92 Å². The number of methoxy groups -OCH3 is 1. The third-order valence-electron chi connectivity index (χ3n) is 5.97. The van der Waals surface area contributed by atoms with E-state index < -0.39 is 41.8 Å². The topological polar surface area (TPSA) is 136 Å². The van der Waals surface area contributed by atoms with Crippen LogP contribution in [0.3, 0.4) is 0 Å². The number of ether oxygens (including phenoxy) is 3. The van der Waals surface area contributed by atoms with E-state index in [9.17, 15) is 32.1 Å². The van der Waals surface area contributed by atoms with Gasteiger partial charge in [0.1, 0.15) is 5.75 Å². The second kappa shape index (κ2) is 13.6. The molecule has 0 N–H and O–H groups in total. The Hall–Kier alpha value is -3.72. The van der Waals surface area contributed by atoms with E-state index in [-0.39, 0.29) is 34.5 Å². The van der Waals surface area contributed by atoms with Gasteiger partial charge in [0.2, 0.25) is 5.16 Å². The molecular weight excluding hydrogens is 557 g/mol. The molecular formula is C25H28F3N4O7S-. The van der Waals surface area contributed by atoms with E-state index in [2.05, 4.69) is 14.7 Å². The monoisotopic (exact) mass is 585 g/mol. The predicted molar refractivity (Wildman–Crippen MR) is 135 cm³/mol. The zero-order valence-electron chi connectivity index (χ0n) is 22.0. The molecule has 15 heteroatoms. The number of amides is 1. The number of rotatable bonds is 12. The smallest absolute Gasteiger partial charge is 0.422 e. The molecule has 218 valence electrons. The molecule has 40 heavy (non-hydrogen) atoms. The highest BCUT2D eigenvalue weighted by Crippen LogP contribution is 2.26. The first-order chi connectivity index (χ1) is 18.9. The number of carbonyl (C=O) groups is 2. The van der Waals surface area contributed by atoms with Crippen molar-refractivity contribution in [1.29, 1.82) is 0 Å². The molecule has 3 aromatic rings. The molecule has 3 rings (SSSR count). The molecule has 11 nitrogen and oxygen atoms in total. The number of hydrogen-bond donors (Lipinski definition) is 0. The van der Waals surface area contributed by atoms with Gasteiger partial charge < -0.3 is 29.0 Å². The number of fused-ring (bicyclic) bond motifs is 1. The van der Waals surface area contributed by atoms with Crippen LogP contribution in [-0.4, -0.2) is 82.0 Å². The molecule has 0 aliphatic carbocycles. The second-order valence-corrected chi connectivity index (χ2v) is 10.1. The third kappa shape index (κ3) is 7.91. The standard InChI is InChI=1S/C25H29F3N4O7S/c1-16-19(29-11-10-21(16)39-15-25(26,27)28)14-40(36)22-30-18-8-4-5-9-20(18)32(22)23(33)31(2)17(7-6-12-37-3)13-38-24(34)35/h4-5,8-11,17H,6-7,12-15H2,1-3H3,(H,34,35)/p-1/t17?,40-/m1/s1. The highest BCUT2D eigenvalue weighted by Gasteiger charge is 2.30. The lowest BCUT2D eigenvalue weighted by Gasteiger charge is -2.30. The molecule has 0 fully saturated rings. The van der Waals surface area contributed by atoms with Crippen molar-refractivity contribution in [3.8, 4) is 5.75 Å². The first-order valence-electron chi connectivity index (χ1n) is 12.0. The summed E-state index contributed by atoms with van der Waals surface area (Å²) in [6.45, 7) is 0.0116. The number of pyridine rings is 1. The molecule has 1 unspecified atom stereocenters. The minimum absolute atomic E-state index is 0.0598. The summed E-state index contributed by atoms with van der Waals surface area (Å²) in [4.78, 5) is 34.4.